The van der Waals surface area contributed by atoms with Gasteiger partial charge >= 0.3 is 0 Å². The number of imidazole rings is 1. The third-order valence-corrected chi connectivity index (χ3v) is 6.71. The lowest BCUT2D eigenvalue weighted by Gasteiger charge is -2.18. The molecule has 3 heterocycles. The van der Waals surface area contributed by atoms with Gasteiger partial charge in [0.2, 0.25) is 0 Å². The van der Waals surface area contributed by atoms with Gasteiger partial charge in [-0.15, -0.1) is 0 Å². The zero-order valence-electron chi connectivity index (χ0n) is 20.9. The SMILES string of the molecule is CCN(CC)Cc1ccn2c(-c3ccnc([C@@H](C)c4ccccc4)n3)c(-c3ccc(F)cc3)nc2c1. The Kier molecular flexibility index (Phi) is 6.87. The molecule has 0 unspecified atom stereocenters. The summed E-state index contributed by atoms with van der Waals surface area (Å²) in [6, 6.07) is 22.9. The summed E-state index contributed by atoms with van der Waals surface area (Å²) in [6.45, 7) is 9.31. The van der Waals surface area contributed by atoms with Gasteiger partial charge in [-0.25, -0.2) is 19.3 Å². The second-order valence-electron chi connectivity index (χ2n) is 8.97. The van der Waals surface area contributed by atoms with Crippen LogP contribution in [0.15, 0.2) is 85.2 Å². The van der Waals surface area contributed by atoms with Crippen LogP contribution in [0, 0.1) is 5.82 Å². The number of nitrogens with zero attached hydrogens (tertiary/aromatic N) is 5. The Balaban J connectivity index is 1.64. The number of hydrogen-bond acceptors (Lipinski definition) is 4. The molecule has 0 aliphatic heterocycles. The minimum atomic E-state index is -0.272. The highest BCUT2D eigenvalue weighted by Gasteiger charge is 2.20. The number of halogens is 1. The zero-order valence-corrected chi connectivity index (χ0v) is 20.9. The lowest BCUT2D eigenvalue weighted by molar-refractivity contribution is 0.296. The number of pyridine rings is 1. The van der Waals surface area contributed by atoms with Gasteiger partial charge in [0.25, 0.3) is 0 Å². The summed E-state index contributed by atoms with van der Waals surface area (Å²) in [5.41, 5.74) is 6.47. The average Bonchev–Trinajstić information content (AvgIpc) is 3.31. The van der Waals surface area contributed by atoms with Crippen molar-refractivity contribution in [3.05, 3.63) is 108 Å². The second kappa shape index (κ2) is 10.4. The van der Waals surface area contributed by atoms with Crippen molar-refractivity contribution in [1.29, 1.82) is 0 Å². The largest absolute Gasteiger partial charge is 0.300 e. The topological polar surface area (TPSA) is 46.3 Å². The van der Waals surface area contributed by atoms with E-state index >= 15 is 0 Å². The quantitative estimate of drug-likeness (QED) is 0.252. The lowest BCUT2D eigenvalue weighted by atomic mass is 10.0. The molecule has 0 saturated heterocycles. The number of hydrogen-bond donors (Lipinski definition) is 0. The fourth-order valence-corrected chi connectivity index (χ4v) is 4.55. The van der Waals surface area contributed by atoms with Gasteiger partial charge in [0.15, 0.2) is 0 Å². The molecule has 0 aliphatic carbocycles. The first-order valence-corrected chi connectivity index (χ1v) is 12.4. The molecule has 5 nitrogen and oxygen atoms in total. The van der Waals surface area contributed by atoms with Crippen LogP contribution in [0.25, 0.3) is 28.3 Å². The number of fused-ring (bicyclic) bond motifs is 1. The minimum Gasteiger partial charge on any atom is -0.300 e. The van der Waals surface area contributed by atoms with Crippen molar-refractivity contribution in [2.75, 3.05) is 13.1 Å². The molecule has 0 spiro atoms. The van der Waals surface area contributed by atoms with Crippen LogP contribution in [-0.4, -0.2) is 37.3 Å². The Labute approximate surface area is 211 Å². The van der Waals surface area contributed by atoms with E-state index in [-0.39, 0.29) is 11.7 Å². The molecule has 5 aromatic rings. The van der Waals surface area contributed by atoms with Crippen molar-refractivity contribution in [2.45, 2.75) is 33.2 Å². The molecule has 0 aliphatic rings. The molecule has 182 valence electrons. The molecule has 5 rings (SSSR count). The highest BCUT2D eigenvalue weighted by Crippen LogP contribution is 2.33. The third-order valence-electron chi connectivity index (χ3n) is 6.71. The molecule has 0 radical (unpaired) electrons. The van der Waals surface area contributed by atoms with E-state index in [0.717, 1.165) is 59.3 Å². The van der Waals surface area contributed by atoms with Crippen molar-refractivity contribution < 1.29 is 4.39 Å². The Morgan fingerprint density at radius 1 is 0.917 bits per heavy atom. The number of rotatable bonds is 8. The number of aromatic nitrogens is 4. The van der Waals surface area contributed by atoms with E-state index in [1.807, 2.05) is 24.3 Å². The molecule has 3 aromatic heterocycles. The van der Waals surface area contributed by atoms with Crippen LogP contribution in [0.2, 0.25) is 0 Å². The summed E-state index contributed by atoms with van der Waals surface area (Å²) in [6.07, 6.45) is 3.87. The summed E-state index contributed by atoms with van der Waals surface area (Å²) in [4.78, 5) is 17.0. The van der Waals surface area contributed by atoms with E-state index in [1.165, 1.54) is 17.7 Å². The monoisotopic (exact) mass is 479 g/mol. The van der Waals surface area contributed by atoms with Crippen molar-refractivity contribution >= 4 is 5.65 Å². The van der Waals surface area contributed by atoms with Crippen LogP contribution in [0.1, 0.15) is 43.6 Å². The Hall–Kier alpha value is -3.90. The molecule has 2 aromatic carbocycles. The predicted octanol–water partition coefficient (Wildman–Crippen LogP) is 6.59. The van der Waals surface area contributed by atoms with Crippen LogP contribution in [0.4, 0.5) is 4.39 Å². The molecule has 0 amide bonds. The van der Waals surface area contributed by atoms with Crippen molar-refractivity contribution in [3.8, 4) is 22.6 Å². The van der Waals surface area contributed by atoms with Gasteiger partial charge in [-0.2, -0.15) is 0 Å². The maximum Gasteiger partial charge on any atom is 0.138 e. The highest BCUT2D eigenvalue weighted by atomic mass is 19.1. The van der Waals surface area contributed by atoms with Crippen molar-refractivity contribution in [2.24, 2.45) is 0 Å². The molecule has 36 heavy (non-hydrogen) atoms. The second-order valence-corrected chi connectivity index (χ2v) is 8.97. The van der Waals surface area contributed by atoms with Crippen LogP contribution < -0.4 is 0 Å². The maximum atomic E-state index is 13.7. The molecular formula is C30H30FN5. The van der Waals surface area contributed by atoms with Gasteiger partial charge in [-0.3, -0.25) is 9.30 Å². The van der Waals surface area contributed by atoms with Gasteiger partial charge in [0.05, 0.1) is 17.1 Å². The normalized spacial score (nSPS) is 12.4. The summed E-state index contributed by atoms with van der Waals surface area (Å²) < 4.78 is 15.8. The predicted molar refractivity (Wildman–Crippen MR) is 142 cm³/mol. The van der Waals surface area contributed by atoms with E-state index in [9.17, 15) is 4.39 Å². The molecule has 1 atom stereocenters. The zero-order chi connectivity index (χ0) is 25.1. The van der Waals surface area contributed by atoms with Crippen molar-refractivity contribution in [3.63, 3.8) is 0 Å². The fourth-order valence-electron chi connectivity index (χ4n) is 4.55. The van der Waals surface area contributed by atoms with Crippen LogP contribution in [-0.2, 0) is 6.54 Å². The first-order chi connectivity index (χ1) is 17.6. The van der Waals surface area contributed by atoms with Crippen LogP contribution >= 0.6 is 0 Å². The van der Waals surface area contributed by atoms with Gasteiger partial charge in [-0.1, -0.05) is 51.1 Å². The van der Waals surface area contributed by atoms with Gasteiger partial charge in [0, 0.05) is 30.4 Å². The fraction of sp³-hybridized carbons (Fsp3) is 0.233. The van der Waals surface area contributed by atoms with E-state index in [4.69, 9.17) is 9.97 Å². The average molecular weight is 480 g/mol. The van der Waals surface area contributed by atoms with E-state index < -0.39 is 0 Å². The Bertz CT molecular complexity index is 1460. The third kappa shape index (κ3) is 4.77. The van der Waals surface area contributed by atoms with E-state index in [2.05, 4.69) is 65.5 Å². The van der Waals surface area contributed by atoms with Gasteiger partial charge in [-0.05, 0) is 66.7 Å². The van der Waals surface area contributed by atoms with E-state index in [0.29, 0.717) is 0 Å². The summed E-state index contributed by atoms with van der Waals surface area (Å²) in [5.74, 6) is 0.517. The molecule has 6 heteroatoms. The summed E-state index contributed by atoms with van der Waals surface area (Å²) in [7, 11) is 0. The summed E-state index contributed by atoms with van der Waals surface area (Å²) in [5, 5.41) is 0. The standard InChI is InChI=1S/C30H30FN5/c1-4-35(5-2)20-22-16-18-36-27(19-22)34-28(24-11-13-25(31)14-12-24)29(36)26-15-17-32-30(33-26)21(3)23-9-7-6-8-10-23/h6-19,21H,4-5,20H2,1-3H3/t21-/m0/s1. The molecular weight excluding hydrogens is 449 g/mol. The Morgan fingerprint density at radius 3 is 2.39 bits per heavy atom. The minimum absolute atomic E-state index is 0.0419. The lowest BCUT2D eigenvalue weighted by Crippen LogP contribution is -2.22. The summed E-state index contributed by atoms with van der Waals surface area (Å²) >= 11 is 0. The maximum absolute atomic E-state index is 13.7. The van der Waals surface area contributed by atoms with Crippen molar-refractivity contribution in [1.82, 2.24) is 24.3 Å². The molecule has 0 saturated carbocycles. The molecule has 0 N–H and O–H groups in total. The Morgan fingerprint density at radius 2 is 1.67 bits per heavy atom. The van der Waals surface area contributed by atoms with Gasteiger partial charge < -0.3 is 0 Å². The number of benzene rings is 2. The van der Waals surface area contributed by atoms with Crippen LogP contribution in [0.3, 0.4) is 0 Å². The molecule has 0 fully saturated rings. The first kappa shape index (κ1) is 23.8. The molecule has 0 bridgehead atoms. The smallest absolute Gasteiger partial charge is 0.138 e. The first-order valence-electron chi connectivity index (χ1n) is 12.4. The van der Waals surface area contributed by atoms with Gasteiger partial charge in [0.1, 0.15) is 17.3 Å². The van der Waals surface area contributed by atoms with Crippen LogP contribution in [0.5, 0.6) is 0 Å². The van der Waals surface area contributed by atoms with E-state index in [1.54, 1.807) is 18.3 Å². The highest BCUT2D eigenvalue weighted by molar-refractivity contribution is 5.80.